The van der Waals surface area contributed by atoms with Crippen molar-refractivity contribution in [1.29, 1.82) is 0 Å². The summed E-state index contributed by atoms with van der Waals surface area (Å²) in [5.74, 6) is 1.01. The summed E-state index contributed by atoms with van der Waals surface area (Å²) in [4.78, 5) is 13.5. The predicted octanol–water partition coefficient (Wildman–Crippen LogP) is 1.92. The molecule has 0 amide bonds. The number of benzene rings is 1. The summed E-state index contributed by atoms with van der Waals surface area (Å²) < 4.78 is 1.24. The zero-order valence-corrected chi connectivity index (χ0v) is 10.3. The zero-order valence-electron chi connectivity index (χ0n) is 9.48. The van der Waals surface area contributed by atoms with E-state index < -0.39 is 5.09 Å². The third kappa shape index (κ3) is 3.16. The average molecular weight is 279 g/mol. The number of aromatic amines is 1. The minimum atomic E-state index is -1.50. The van der Waals surface area contributed by atoms with Crippen LogP contribution in [0.5, 0.6) is 0 Å². The number of nitrogen functional groups attached to an aromatic ring is 1. The second kappa shape index (κ2) is 5.31. The Kier molecular flexibility index (Phi) is 3.57. The molecule has 0 saturated heterocycles. The number of rotatable bonds is 1. The number of fused-ring (bicyclic) bond motifs is 1. The van der Waals surface area contributed by atoms with Crippen molar-refractivity contribution in [2.75, 3.05) is 5.73 Å². The molecule has 3 aromatic rings. The monoisotopic (exact) mass is 279 g/mol. The van der Waals surface area contributed by atoms with Crippen molar-refractivity contribution < 1.29 is 10.3 Å². The first-order valence-electron chi connectivity index (χ1n) is 5.06. The van der Waals surface area contributed by atoms with Gasteiger partial charge in [-0.3, -0.25) is 5.10 Å². The zero-order chi connectivity index (χ0) is 13.8. The molecule has 0 aliphatic rings. The van der Waals surface area contributed by atoms with Crippen LogP contribution >= 0.6 is 11.3 Å². The fraction of sp³-hybridized carbons (Fsp3) is 0. The minimum Gasteiger partial charge on any atom is -0.366 e. The molecule has 0 bridgehead atoms. The number of thiophene rings is 1. The molecule has 1 aromatic carbocycles. The highest BCUT2D eigenvalue weighted by molar-refractivity contribution is 7.22. The van der Waals surface area contributed by atoms with Crippen LogP contribution in [-0.2, 0) is 0 Å². The molecule has 19 heavy (non-hydrogen) atoms. The van der Waals surface area contributed by atoms with Gasteiger partial charge in [-0.1, -0.05) is 18.2 Å². The van der Waals surface area contributed by atoms with Crippen LogP contribution < -0.4 is 5.73 Å². The van der Waals surface area contributed by atoms with Gasteiger partial charge in [-0.05, 0) is 17.5 Å². The highest BCUT2D eigenvalue weighted by Gasteiger charge is 2.07. The molecule has 98 valence electrons. The summed E-state index contributed by atoms with van der Waals surface area (Å²) in [6, 6.07) is 10.3. The third-order valence-corrected chi connectivity index (χ3v) is 3.28. The molecule has 8 nitrogen and oxygen atoms in total. The molecule has 0 fully saturated rings. The Morgan fingerprint density at radius 3 is 2.68 bits per heavy atom. The van der Waals surface area contributed by atoms with Gasteiger partial charge in [0.2, 0.25) is 5.95 Å². The van der Waals surface area contributed by atoms with Gasteiger partial charge in [0.25, 0.3) is 5.09 Å². The number of anilines is 1. The van der Waals surface area contributed by atoms with Gasteiger partial charge in [0.05, 0.1) is 4.88 Å². The standard InChI is InChI=1S/C10H8N4S.HNO3/c11-10-12-9(13-14-10)8-5-6-3-1-2-4-7(6)15-8;2-1(3)4/h1-5H,(H3,11,12,13,14);(H,2,3,4). The van der Waals surface area contributed by atoms with Gasteiger partial charge >= 0.3 is 0 Å². The van der Waals surface area contributed by atoms with Crippen molar-refractivity contribution >= 4 is 27.4 Å². The molecule has 0 aliphatic heterocycles. The van der Waals surface area contributed by atoms with Gasteiger partial charge in [0.1, 0.15) is 0 Å². The second-order valence-corrected chi connectivity index (χ2v) is 4.51. The molecule has 0 saturated carbocycles. The van der Waals surface area contributed by atoms with Gasteiger partial charge in [-0.25, -0.2) is 0 Å². The second-order valence-electron chi connectivity index (χ2n) is 3.43. The largest absolute Gasteiger partial charge is 0.366 e. The third-order valence-electron chi connectivity index (χ3n) is 2.16. The van der Waals surface area contributed by atoms with Crippen LogP contribution in [0.15, 0.2) is 30.3 Å². The van der Waals surface area contributed by atoms with E-state index in [0.29, 0.717) is 0 Å². The van der Waals surface area contributed by atoms with Gasteiger partial charge in [0, 0.05) is 4.70 Å². The van der Waals surface area contributed by atoms with Crippen LogP contribution in [0, 0.1) is 10.1 Å². The first kappa shape index (κ1) is 12.8. The lowest BCUT2D eigenvalue weighted by Crippen LogP contribution is -1.84. The fourth-order valence-corrected chi connectivity index (χ4v) is 2.49. The van der Waals surface area contributed by atoms with Crippen molar-refractivity contribution in [3.05, 3.63) is 40.4 Å². The highest BCUT2D eigenvalue weighted by Crippen LogP contribution is 2.31. The van der Waals surface area contributed by atoms with E-state index in [1.54, 1.807) is 11.3 Å². The number of nitrogens with two attached hydrogens (primary N) is 1. The molecular weight excluding hydrogens is 270 g/mol. The maximum atomic E-state index is 8.36. The van der Waals surface area contributed by atoms with Gasteiger partial charge in [-0.15, -0.1) is 26.5 Å². The molecule has 0 atom stereocenters. The molecule has 0 unspecified atom stereocenters. The summed E-state index contributed by atoms with van der Waals surface area (Å²) in [6.45, 7) is 0. The van der Waals surface area contributed by atoms with E-state index >= 15 is 0 Å². The lowest BCUT2D eigenvalue weighted by atomic mass is 10.2. The lowest BCUT2D eigenvalue weighted by Gasteiger charge is -1.84. The number of hydrogen-bond acceptors (Lipinski definition) is 6. The van der Waals surface area contributed by atoms with E-state index in [-0.39, 0.29) is 5.95 Å². The summed E-state index contributed by atoms with van der Waals surface area (Å²) in [6.07, 6.45) is 0. The van der Waals surface area contributed by atoms with Crippen LogP contribution in [0.3, 0.4) is 0 Å². The summed E-state index contributed by atoms with van der Waals surface area (Å²) in [5.41, 5.74) is 5.46. The Morgan fingerprint density at radius 2 is 2.11 bits per heavy atom. The number of nitrogens with one attached hydrogen (secondary N) is 1. The Hall–Kier alpha value is -2.68. The SMILES string of the molecule is Nc1n[nH]c(-c2cc3ccccc3s2)n1.O=[N+]([O-])O. The Morgan fingerprint density at radius 1 is 1.42 bits per heavy atom. The lowest BCUT2D eigenvalue weighted by molar-refractivity contribution is -0.742. The van der Waals surface area contributed by atoms with Crippen LogP contribution in [0.4, 0.5) is 5.95 Å². The quantitative estimate of drug-likeness (QED) is 0.460. The number of aromatic nitrogens is 3. The minimum absolute atomic E-state index is 0.280. The number of hydrogen-bond donors (Lipinski definition) is 3. The van der Waals surface area contributed by atoms with E-state index in [4.69, 9.17) is 21.1 Å². The Bertz CT molecular complexity index is 671. The van der Waals surface area contributed by atoms with Crippen LogP contribution in [0.25, 0.3) is 20.8 Å². The van der Waals surface area contributed by atoms with Crippen molar-refractivity contribution in [2.45, 2.75) is 0 Å². The number of nitrogens with zero attached hydrogens (tertiary/aromatic N) is 3. The Labute approximate surface area is 110 Å². The van der Waals surface area contributed by atoms with E-state index in [9.17, 15) is 0 Å². The maximum absolute atomic E-state index is 8.36. The topological polar surface area (TPSA) is 131 Å². The van der Waals surface area contributed by atoms with Crippen LogP contribution in [0.2, 0.25) is 0 Å². The van der Waals surface area contributed by atoms with Gasteiger partial charge < -0.3 is 10.9 Å². The Balaban J connectivity index is 0.000000297. The fourth-order valence-electron chi connectivity index (χ4n) is 1.48. The molecule has 0 spiro atoms. The van der Waals surface area contributed by atoms with Crippen molar-refractivity contribution in [1.82, 2.24) is 15.2 Å². The van der Waals surface area contributed by atoms with Gasteiger partial charge in [0.15, 0.2) is 5.82 Å². The van der Waals surface area contributed by atoms with Crippen molar-refractivity contribution in [3.63, 3.8) is 0 Å². The summed E-state index contributed by atoms with van der Waals surface area (Å²) >= 11 is 1.67. The van der Waals surface area contributed by atoms with E-state index in [2.05, 4.69) is 33.4 Å². The molecule has 4 N–H and O–H groups in total. The molecule has 2 heterocycles. The van der Waals surface area contributed by atoms with Crippen molar-refractivity contribution in [2.24, 2.45) is 0 Å². The average Bonchev–Trinajstić information content (AvgIpc) is 2.93. The first-order valence-corrected chi connectivity index (χ1v) is 5.88. The van der Waals surface area contributed by atoms with Gasteiger partial charge in [-0.2, -0.15) is 4.98 Å². The summed E-state index contributed by atoms with van der Waals surface area (Å²) in [7, 11) is 0. The predicted molar refractivity (Wildman–Crippen MR) is 70.4 cm³/mol. The number of H-pyrrole nitrogens is 1. The highest BCUT2D eigenvalue weighted by atomic mass is 32.1. The first-order chi connectivity index (χ1) is 9.06. The molecular formula is C10H9N5O3S. The van der Waals surface area contributed by atoms with Crippen LogP contribution in [0.1, 0.15) is 0 Å². The molecule has 0 aliphatic carbocycles. The van der Waals surface area contributed by atoms with E-state index in [1.807, 2.05) is 12.1 Å². The van der Waals surface area contributed by atoms with Crippen molar-refractivity contribution in [3.8, 4) is 10.7 Å². The smallest absolute Gasteiger partial charge is 0.291 e. The van der Waals surface area contributed by atoms with Crippen LogP contribution in [-0.4, -0.2) is 25.5 Å². The van der Waals surface area contributed by atoms with E-state index in [1.165, 1.54) is 10.1 Å². The normalized spacial score (nSPS) is 9.89. The van der Waals surface area contributed by atoms with E-state index in [0.717, 1.165) is 10.7 Å². The molecule has 9 heteroatoms. The molecule has 2 aromatic heterocycles. The molecule has 3 rings (SSSR count). The molecule has 0 radical (unpaired) electrons. The maximum Gasteiger partial charge on any atom is 0.291 e. The summed E-state index contributed by atoms with van der Waals surface area (Å²) in [5, 5.41) is 21.5.